The fourth-order valence-electron chi connectivity index (χ4n) is 4.13. The summed E-state index contributed by atoms with van der Waals surface area (Å²) in [7, 11) is 0. The molecule has 1 aliphatic heterocycles. The number of benzene rings is 1. The highest BCUT2D eigenvalue weighted by Crippen LogP contribution is 2.30. The van der Waals surface area contributed by atoms with Crippen LogP contribution in [0, 0.1) is 0 Å². The predicted octanol–water partition coefficient (Wildman–Crippen LogP) is 5.68. The molecule has 0 radical (unpaired) electrons. The Kier molecular flexibility index (Phi) is 5.15. The predicted molar refractivity (Wildman–Crippen MR) is 130 cm³/mol. The molecule has 0 fully saturated rings. The normalized spacial score (nSPS) is 13.9. The van der Waals surface area contributed by atoms with E-state index in [9.17, 15) is 0 Å². The van der Waals surface area contributed by atoms with E-state index in [-0.39, 0.29) is 0 Å². The molecule has 0 saturated heterocycles. The van der Waals surface area contributed by atoms with Crippen LogP contribution in [0.2, 0.25) is 0 Å². The van der Waals surface area contributed by atoms with Crippen molar-refractivity contribution in [3.05, 3.63) is 94.6 Å². The number of nitrogens with zero attached hydrogens (tertiary/aromatic N) is 5. The number of thiophene rings is 2. The van der Waals surface area contributed by atoms with Crippen molar-refractivity contribution >= 4 is 22.7 Å². The summed E-state index contributed by atoms with van der Waals surface area (Å²) in [5.41, 5.74) is 5.80. The first-order valence-electron chi connectivity index (χ1n) is 10.6. The van der Waals surface area contributed by atoms with Gasteiger partial charge in [0.15, 0.2) is 5.82 Å². The highest BCUT2D eigenvalue weighted by atomic mass is 32.1. The van der Waals surface area contributed by atoms with Gasteiger partial charge >= 0.3 is 0 Å². The lowest BCUT2D eigenvalue weighted by molar-refractivity contribution is 0.243. The topological polar surface area (TPSA) is 46.8 Å². The summed E-state index contributed by atoms with van der Waals surface area (Å²) in [6, 6.07) is 18.7. The Morgan fingerprint density at radius 1 is 0.906 bits per heavy atom. The van der Waals surface area contributed by atoms with E-state index in [0.717, 1.165) is 48.1 Å². The van der Waals surface area contributed by atoms with Crippen LogP contribution in [-0.2, 0) is 19.5 Å². The van der Waals surface area contributed by atoms with Crippen LogP contribution < -0.4 is 0 Å². The smallest absolute Gasteiger partial charge is 0.169 e. The molecule has 0 unspecified atom stereocenters. The molecular formula is C25H21N5S2. The largest absolute Gasteiger partial charge is 0.294 e. The molecule has 6 rings (SSSR count). The van der Waals surface area contributed by atoms with Crippen molar-refractivity contribution in [1.82, 2.24) is 24.6 Å². The molecule has 0 N–H and O–H groups in total. The van der Waals surface area contributed by atoms with Gasteiger partial charge in [0.1, 0.15) is 5.69 Å². The Bertz CT molecular complexity index is 1320. The minimum absolute atomic E-state index is 0.844. The van der Waals surface area contributed by atoms with E-state index >= 15 is 0 Å². The standard InChI is InChI=1S/C25H21N5S2/c1-2-6-20(7-3-1)30-17-19(24(28-30)22-8-4-12-31-22)16-29-11-10-21-18(15-29)14-26-25(27-21)23-9-5-13-32-23/h1-9,12-14,17H,10-11,15-16H2. The van der Waals surface area contributed by atoms with Gasteiger partial charge in [0.05, 0.1) is 21.1 Å². The molecule has 5 heterocycles. The SMILES string of the molecule is c1ccc(-n2cc(CN3CCc4nc(-c5cccs5)ncc4C3)c(-c3cccs3)n2)cc1. The molecule has 0 aliphatic carbocycles. The maximum absolute atomic E-state index is 4.95. The van der Waals surface area contributed by atoms with Crippen molar-refractivity contribution in [2.45, 2.75) is 19.5 Å². The molecule has 4 aromatic heterocycles. The number of para-hydroxylation sites is 1. The maximum atomic E-state index is 4.95. The lowest BCUT2D eigenvalue weighted by Crippen LogP contribution is -2.31. The Balaban J connectivity index is 1.27. The molecule has 0 atom stereocenters. The molecule has 7 heteroatoms. The minimum Gasteiger partial charge on any atom is -0.294 e. The Morgan fingerprint density at radius 2 is 1.72 bits per heavy atom. The van der Waals surface area contributed by atoms with Gasteiger partial charge in [-0.2, -0.15) is 5.10 Å². The monoisotopic (exact) mass is 455 g/mol. The first-order chi connectivity index (χ1) is 15.8. The van der Waals surface area contributed by atoms with Crippen molar-refractivity contribution in [1.29, 1.82) is 0 Å². The quantitative estimate of drug-likeness (QED) is 0.342. The first-order valence-corrected chi connectivity index (χ1v) is 12.4. The summed E-state index contributed by atoms with van der Waals surface area (Å²) in [4.78, 5) is 14.3. The summed E-state index contributed by atoms with van der Waals surface area (Å²) < 4.78 is 2.00. The van der Waals surface area contributed by atoms with Gasteiger partial charge < -0.3 is 0 Å². The molecule has 1 aromatic carbocycles. The molecule has 158 valence electrons. The van der Waals surface area contributed by atoms with E-state index in [1.807, 2.05) is 35.1 Å². The van der Waals surface area contributed by atoms with Crippen molar-refractivity contribution < 1.29 is 0 Å². The number of fused-ring (bicyclic) bond motifs is 1. The van der Waals surface area contributed by atoms with Crippen LogP contribution in [0.1, 0.15) is 16.8 Å². The van der Waals surface area contributed by atoms with Crippen LogP contribution in [0.3, 0.4) is 0 Å². The minimum atomic E-state index is 0.844. The van der Waals surface area contributed by atoms with Crippen LogP contribution in [-0.4, -0.2) is 31.2 Å². The van der Waals surface area contributed by atoms with E-state index in [1.165, 1.54) is 21.7 Å². The number of aromatic nitrogens is 4. The zero-order valence-corrected chi connectivity index (χ0v) is 19.0. The molecule has 1 aliphatic rings. The summed E-state index contributed by atoms with van der Waals surface area (Å²) in [6.45, 7) is 2.70. The molecule has 0 bridgehead atoms. The second-order valence-corrected chi connectivity index (χ2v) is 9.76. The van der Waals surface area contributed by atoms with E-state index in [4.69, 9.17) is 10.1 Å². The Labute approximate surface area is 194 Å². The molecule has 0 amide bonds. The van der Waals surface area contributed by atoms with Gasteiger partial charge in [0, 0.05) is 49.6 Å². The highest BCUT2D eigenvalue weighted by Gasteiger charge is 2.22. The van der Waals surface area contributed by atoms with E-state index < -0.39 is 0 Å². The van der Waals surface area contributed by atoms with Gasteiger partial charge in [-0.15, -0.1) is 22.7 Å². The average molecular weight is 456 g/mol. The third-order valence-electron chi connectivity index (χ3n) is 5.71. The summed E-state index contributed by atoms with van der Waals surface area (Å²) in [5.74, 6) is 0.844. The summed E-state index contributed by atoms with van der Waals surface area (Å²) >= 11 is 3.42. The van der Waals surface area contributed by atoms with Crippen LogP contribution in [0.4, 0.5) is 0 Å². The molecule has 5 nitrogen and oxygen atoms in total. The molecule has 0 spiro atoms. The average Bonchev–Trinajstić information content (AvgIpc) is 3.61. The van der Waals surface area contributed by atoms with Gasteiger partial charge in [-0.1, -0.05) is 30.3 Å². The van der Waals surface area contributed by atoms with Crippen molar-refractivity contribution in [3.63, 3.8) is 0 Å². The van der Waals surface area contributed by atoms with Crippen LogP contribution in [0.5, 0.6) is 0 Å². The fourth-order valence-corrected chi connectivity index (χ4v) is 5.54. The van der Waals surface area contributed by atoms with Gasteiger partial charge in [-0.3, -0.25) is 4.90 Å². The zero-order chi connectivity index (χ0) is 21.3. The molecular weight excluding hydrogens is 434 g/mol. The zero-order valence-electron chi connectivity index (χ0n) is 17.4. The van der Waals surface area contributed by atoms with Gasteiger partial charge in [-0.25, -0.2) is 14.6 Å². The fraction of sp³-hybridized carbons (Fsp3) is 0.160. The number of hydrogen-bond acceptors (Lipinski definition) is 6. The van der Waals surface area contributed by atoms with Gasteiger partial charge in [0.25, 0.3) is 0 Å². The maximum Gasteiger partial charge on any atom is 0.169 e. The molecule has 5 aromatic rings. The van der Waals surface area contributed by atoms with Gasteiger partial charge in [0.2, 0.25) is 0 Å². The summed E-state index contributed by atoms with van der Waals surface area (Å²) in [5, 5.41) is 9.13. The number of rotatable bonds is 5. The van der Waals surface area contributed by atoms with Crippen LogP contribution in [0.25, 0.3) is 27.0 Å². The molecule has 32 heavy (non-hydrogen) atoms. The third kappa shape index (κ3) is 3.79. The second-order valence-electron chi connectivity index (χ2n) is 7.86. The highest BCUT2D eigenvalue weighted by molar-refractivity contribution is 7.13. The van der Waals surface area contributed by atoms with E-state index in [2.05, 4.69) is 57.2 Å². The van der Waals surface area contributed by atoms with Crippen LogP contribution in [0.15, 0.2) is 77.8 Å². The Hall–Kier alpha value is -3.13. The van der Waals surface area contributed by atoms with E-state index in [0.29, 0.717) is 0 Å². The van der Waals surface area contributed by atoms with Crippen molar-refractivity contribution in [2.24, 2.45) is 0 Å². The third-order valence-corrected chi connectivity index (χ3v) is 7.46. The second kappa shape index (κ2) is 8.43. The van der Waals surface area contributed by atoms with E-state index in [1.54, 1.807) is 22.7 Å². The van der Waals surface area contributed by atoms with Crippen molar-refractivity contribution in [2.75, 3.05) is 6.54 Å². The number of hydrogen-bond donors (Lipinski definition) is 0. The molecule has 0 saturated carbocycles. The van der Waals surface area contributed by atoms with Gasteiger partial charge in [-0.05, 0) is 35.0 Å². The Morgan fingerprint density at radius 3 is 2.50 bits per heavy atom. The lowest BCUT2D eigenvalue weighted by Gasteiger charge is -2.27. The van der Waals surface area contributed by atoms with Crippen LogP contribution >= 0.6 is 22.7 Å². The summed E-state index contributed by atoms with van der Waals surface area (Å²) in [6.07, 6.45) is 5.13. The lowest BCUT2D eigenvalue weighted by atomic mass is 10.1. The first kappa shape index (κ1) is 19.5. The van der Waals surface area contributed by atoms with Crippen molar-refractivity contribution in [3.8, 4) is 27.0 Å².